The number of aromatic nitrogens is 1. The lowest BCUT2D eigenvalue weighted by Crippen LogP contribution is -2.42. The summed E-state index contributed by atoms with van der Waals surface area (Å²) < 4.78 is 1.70. The van der Waals surface area contributed by atoms with Gasteiger partial charge < -0.3 is 0 Å². The lowest BCUT2D eigenvalue weighted by atomic mass is 10.2. The predicted molar refractivity (Wildman–Crippen MR) is 147 cm³/mol. The molecular weight excluding hydrogens is 541 g/mol. The van der Waals surface area contributed by atoms with Crippen LogP contribution in [0.1, 0.15) is 16.5 Å². The van der Waals surface area contributed by atoms with Gasteiger partial charge in [-0.25, -0.2) is 10.4 Å². The van der Waals surface area contributed by atoms with Gasteiger partial charge in [-0.3, -0.25) is 14.6 Å². The lowest BCUT2D eigenvalue weighted by molar-refractivity contribution is -0.129. The van der Waals surface area contributed by atoms with E-state index in [2.05, 4.69) is 10.4 Å². The van der Waals surface area contributed by atoms with E-state index in [9.17, 15) is 9.59 Å². The van der Waals surface area contributed by atoms with Crippen molar-refractivity contribution in [2.45, 2.75) is 9.71 Å². The number of amides is 1. The summed E-state index contributed by atoms with van der Waals surface area (Å²) in [7, 11) is 0. The van der Waals surface area contributed by atoms with Crippen molar-refractivity contribution in [3.63, 3.8) is 0 Å². The van der Waals surface area contributed by atoms with Gasteiger partial charge in [0.05, 0.1) is 21.7 Å². The monoisotopic (exact) mass is 557 g/mol. The average Bonchev–Trinajstić information content (AvgIpc) is 3.38. The number of halogens is 2. The second-order valence-electron chi connectivity index (χ2n) is 7.52. The minimum absolute atomic E-state index is 0.0333. The molecular formula is C25H17Cl2N3O2S3. The van der Waals surface area contributed by atoms with Gasteiger partial charge in [0.25, 0.3) is 5.91 Å². The maximum Gasteiger partial charge on any atom is 0.275 e. The van der Waals surface area contributed by atoms with E-state index < -0.39 is 0 Å². The summed E-state index contributed by atoms with van der Waals surface area (Å²) in [6, 6.07) is 22.4. The van der Waals surface area contributed by atoms with Crippen LogP contribution in [0, 0.1) is 0 Å². The Bertz CT molecular complexity index is 1420. The molecule has 2 heterocycles. The smallest absolute Gasteiger partial charge is 0.275 e. The number of hydrogen-bond donors (Lipinski definition) is 1. The number of fused-ring (bicyclic) bond motifs is 1. The quantitative estimate of drug-likeness (QED) is 0.202. The summed E-state index contributed by atoms with van der Waals surface area (Å²) >= 11 is 16.3. The molecule has 5 nitrogen and oxygen atoms in total. The molecule has 1 amide bonds. The number of para-hydroxylation sites is 1. The Morgan fingerprint density at radius 2 is 1.83 bits per heavy atom. The van der Waals surface area contributed by atoms with Crippen molar-refractivity contribution in [3.05, 3.63) is 98.9 Å². The van der Waals surface area contributed by atoms with Crippen molar-refractivity contribution < 1.29 is 9.59 Å². The highest BCUT2D eigenvalue weighted by atomic mass is 35.5. The summed E-state index contributed by atoms with van der Waals surface area (Å²) in [4.78, 5) is 31.1. The lowest BCUT2D eigenvalue weighted by Gasteiger charge is -2.24. The SMILES string of the molecule is O=C(CNN1C(=O)/C(=C\c2cccc(Cl)c2)SC1c1cccc(Cl)c1)Sc1nc2ccccc2s1. The van der Waals surface area contributed by atoms with Crippen molar-refractivity contribution in [2.24, 2.45) is 0 Å². The fourth-order valence-electron chi connectivity index (χ4n) is 3.50. The first-order chi connectivity index (χ1) is 17.0. The van der Waals surface area contributed by atoms with Gasteiger partial charge in [0.15, 0.2) is 4.34 Å². The number of thioether (sulfide) groups is 2. The predicted octanol–water partition coefficient (Wildman–Crippen LogP) is 7.04. The summed E-state index contributed by atoms with van der Waals surface area (Å²) in [5.41, 5.74) is 5.58. The number of thiazole rings is 1. The zero-order valence-electron chi connectivity index (χ0n) is 18.0. The maximum atomic E-state index is 13.3. The Kier molecular flexibility index (Phi) is 7.48. The molecule has 1 N–H and O–H groups in total. The molecule has 1 aromatic heterocycles. The van der Waals surface area contributed by atoms with E-state index in [1.165, 1.54) is 28.1 Å². The number of rotatable bonds is 6. The molecule has 1 unspecified atom stereocenters. The third kappa shape index (κ3) is 5.74. The van der Waals surface area contributed by atoms with E-state index in [1.807, 2.05) is 54.6 Å². The van der Waals surface area contributed by atoms with Crippen LogP contribution in [0.2, 0.25) is 10.0 Å². The van der Waals surface area contributed by atoms with E-state index in [-0.39, 0.29) is 22.9 Å². The van der Waals surface area contributed by atoms with Crippen LogP contribution in [0.3, 0.4) is 0 Å². The molecule has 1 fully saturated rings. The van der Waals surface area contributed by atoms with Gasteiger partial charge >= 0.3 is 0 Å². The van der Waals surface area contributed by atoms with E-state index in [4.69, 9.17) is 23.2 Å². The molecule has 1 aliphatic heterocycles. The third-order valence-corrected chi connectivity index (χ3v) is 8.74. The van der Waals surface area contributed by atoms with Crippen LogP contribution in [0.4, 0.5) is 0 Å². The first-order valence-electron chi connectivity index (χ1n) is 10.5. The molecule has 176 valence electrons. The Morgan fingerprint density at radius 1 is 1.06 bits per heavy atom. The molecule has 0 bridgehead atoms. The summed E-state index contributed by atoms with van der Waals surface area (Å²) in [6.45, 7) is -0.0333. The molecule has 1 saturated heterocycles. The average molecular weight is 559 g/mol. The van der Waals surface area contributed by atoms with E-state index >= 15 is 0 Å². The first-order valence-corrected chi connectivity index (χ1v) is 13.8. The number of nitrogens with one attached hydrogen (secondary N) is 1. The van der Waals surface area contributed by atoms with E-state index in [1.54, 1.807) is 24.3 Å². The fourth-order valence-corrected chi connectivity index (χ4v) is 6.99. The van der Waals surface area contributed by atoms with Crippen LogP contribution in [0.5, 0.6) is 0 Å². The van der Waals surface area contributed by atoms with Gasteiger partial charge in [-0.15, -0.1) is 11.3 Å². The molecule has 0 spiro atoms. The van der Waals surface area contributed by atoms with Crippen LogP contribution in [-0.4, -0.2) is 27.6 Å². The zero-order chi connectivity index (χ0) is 24.4. The van der Waals surface area contributed by atoms with Crippen LogP contribution >= 0.6 is 58.1 Å². The second-order valence-corrected chi connectivity index (χ2v) is 11.9. The Morgan fingerprint density at radius 3 is 2.60 bits per heavy atom. The fraction of sp³-hybridized carbons (Fsp3) is 0.0800. The van der Waals surface area contributed by atoms with Crippen LogP contribution in [-0.2, 0) is 9.59 Å². The van der Waals surface area contributed by atoms with Crippen LogP contribution in [0.25, 0.3) is 16.3 Å². The van der Waals surface area contributed by atoms with Gasteiger partial charge in [0.1, 0.15) is 5.37 Å². The number of hydrazine groups is 1. The molecule has 4 aromatic rings. The standard InChI is InChI=1S/C25H17Cl2N3O2S3/c26-17-7-3-5-15(11-17)12-21-23(32)30(24(33-21)16-6-4-8-18(27)13-16)28-14-22(31)35-25-29-19-9-1-2-10-20(19)34-25/h1-13,24,28H,14H2/b21-12+. The molecule has 35 heavy (non-hydrogen) atoms. The number of benzene rings is 3. The zero-order valence-corrected chi connectivity index (χ0v) is 21.9. The second kappa shape index (κ2) is 10.7. The van der Waals surface area contributed by atoms with Gasteiger partial charge in [-0.2, -0.15) is 0 Å². The number of carbonyl (C=O) groups is 2. The van der Waals surface area contributed by atoms with Gasteiger partial charge in [-0.1, -0.05) is 71.4 Å². The highest BCUT2D eigenvalue weighted by Crippen LogP contribution is 2.45. The van der Waals surface area contributed by atoms with Gasteiger partial charge in [0, 0.05) is 10.0 Å². The molecule has 3 aromatic carbocycles. The van der Waals surface area contributed by atoms with Gasteiger partial charge in [0.2, 0.25) is 5.12 Å². The van der Waals surface area contributed by atoms with Crippen LogP contribution < -0.4 is 5.43 Å². The molecule has 0 aliphatic carbocycles. The Labute approximate surface area is 224 Å². The molecule has 1 aliphatic rings. The molecule has 1 atom stereocenters. The first kappa shape index (κ1) is 24.4. The van der Waals surface area contributed by atoms with Crippen LogP contribution in [0.15, 0.2) is 82.0 Å². The summed E-state index contributed by atoms with van der Waals surface area (Å²) in [6.07, 6.45) is 1.80. The van der Waals surface area contributed by atoms with Crippen molar-refractivity contribution in [2.75, 3.05) is 6.54 Å². The summed E-state index contributed by atoms with van der Waals surface area (Å²) in [5.74, 6) is -0.224. The Balaban J connectivity index is 1.35. The molecule has 0 saturated carbocycles. The third-order valence-electron chi connectivity index (χ3n) is 5.05. The highest BCUT2D eigenvalue weighted by Gasteiger charge is 2.37. The number of carbonyl (C=O) groups excluding carboxylic acids is 2. The number of hydrogen-bond acceptors (Lipinski definition) is 7. The topological polar surface area (TPSA) is 62.3 Å². The largest absolute Gasteiger partial charge is 0.285 e. The van der Waals surface area contributed by atoms with Gasteiger partial charge in [-0.05, 0) is 65.4 Å². The number of nitrogens with zero attached hydrogens (tertiary/aromatic N) is 2. The molecule has 5 rings (SSSR count). The van der Waals surface area contributed by atoms with E-state index in [0.717, 1.165) is 33.1 Å². The molecule has 10 heteroatoms. The van der Waals surface area contributed by atoms with E-state index in [0.29, 0.717) is 19.3 Å². The maximum absolute atomic E-state index is 13.3. The minimum atomic E-state index is -0.383. The molecule has 0 radical (unpaired) electrons. The normalized spacial score (nSPS) is 17.0. The van der Waals surface area contributed by atoms with Crippen molar-refractivity contribution in [3.8, 4) is 0 Å². The van der Waals surface area contributed by atoms with Crippen molar-refractivity contribution >= 4 is 85.4 Å². The Hall–Kier alpha value is -2.33. The van der Waals surface area contributed by atoms with Crippen molar-refractivity contribution in [1.29, 1.82) is 0 Å². The minimum Gasteiger partial charge on any atom is -0.285 e. The van der Waals surface area contributed by atoms with Crippen molar-refractivity contribution in [1.82, 2.24) is 15.4 Å². The summed E-state index contributed by atoms with van der Waals surface area (Å²) in [5, 5.41) is 2.13. The highest BCUT2D eigenvalue weighted by molar-refractivity contribution is 8.15.